The van der Waals surface area contributed by atoms with Gasteiger partial charge in [-0.3, -0.25) is 0 Å². The molecule has 0 fully saturated rings. The number of aromatic nitrogens is 2. The number of rotatable bonds is 4. The fourth-order valence-electron chi connectivity index (χ4n) is 2.21. The quantitative estimate of drug-likeness (QED) is 0.899. The van der Waals surface area contributed by atoms with Crippen molar-refractivity contribution in [1.82, 2.24) is 15.3 Å². The van der Waals surface area contributed by atoms with Crippen LogP contribution in [0.3, 0.4) is 0 Å². The van der Waals surface area contributed by atoms with Crippen LogP contribution in [0.2, 0.25) is 0 Å². The molecule has 100 valence electrons. The molecule has 2 N–H and O–H groups in total. The molecule has 4 nitrogen and oxygen atoms in total. The van der Waals surface area contributed by atoms with E-state index in [1.165, 1.54) is 16.1 Å². The summed E-state index contributed by atoms with van der Waals surface area (Å²) in [4.78, 5) is 10.1. The van der Waals surface area contributed by atoms with Crippen LogP contribution < -0.4 is 10.6 Å². The molecule has 0 saturated heterocycles. The second-order valence-corrected chi connectivity index (χ2v) is 6.39. The molecule has 0 aliphatic carbocycles. The zero-order valence-electron chi connectivity index (χ0n) is 10.4. The summed E-state index contributed by atoms with van der Waals surface area (Å²) in [6.45, 7) is 2.77. The second kappa shape index (κ2) is 5.98. The van der Waals surface area contributed by atoms with Crippen LogP contribution in [0, 0.1) is 0 Å². The number of nitrogens with zero attached hydrogens (tertiary/aromatic N) is 2. The van der Waals surface area contributed by atoms with Crippen LogP contribution in [0.15, 0.2) is 22.2 Å². The molecule has 0 radical (unpaired) electrons. The Morgan fingerprint density at radius 3 is 3.21 bits per heavy atom. The van der Waals surface area contributed by atoms with E-state index in [2.05, 4.69) is 48.0 Å². The minimum absolute atomic E-state index is 0.864. The maximum absolute atomic E-state index is 4.36. The van der Waals surface area contributed by atoms with Crippen LogP contribution in [0.5, 0.6) is 0 Å². The number of halogens is 1. The van der Waals surface area contributed by atoms with Crippen molar-refractivity contribution in [2.45, 2.75) is 19.4 Å². The lowest BCUT2D eigenvalue weighted by atomic mass is 10.1. The summed E-state index contributed by atoms with van der Waals surface area (Å²) in [5, 5.41) is 8.92. The lowest BCUT2D eigenvalue weighted by Crippen LogP contribution is -2.26. The van der Waals surface area contributed by atoms with E-state index < -0.39 is 0 Å². The van der Waals surface area contributed by atoms with Crippen molar-refractivity contribution in [3.8, 4) is 0 Å². The molecular weight excluding hydrogens is 324 g/mol. The summed E-state index contributed by atoms with van der Waals surface area (Å²) in [7, 11) is 0. The predicted molar refractivity (Wildman–Crippen MR) is 81.7 cm³/mol. The first kappa shape index (κ1) is 13.0. The van der Waals surface area contributed by atoms with Gasteiger partial charge in [0.2, 0.25) is 0 Å². The lowest BCUT2D eigenvalue weighted by molar-refractivity contribution is 0.627. The minimum Gasteiger partial charge on any atom is -0.369 e. The van der Waals surface area contributed by atoms with Crippen LogP contribution in [0.4, 0.5) is 5.82 Å². The van der Waals surface area contributed by atoms with E-state index >= 15 is 0 Å². The molecule has 0 unspecified atom stereocenters. The van der Waals surface area contributed by atoms with E-state index in [9.17, 15) is 0 Å². The molecule has 19 heavy (non-hydrogen) atoms. The smallest absolute Gasteiger partial charge is 0.134 e. The van der Waals surface area contributed by atoms with Crippen molar-refractivity contribution in [3.63, 3.8) is 0 Å². The highest BCUT2D eigenvalue weighted by Gasteiger charge is 2.14. The van der Waals surface area contributed by atoms with Crippen molar-refractivity contribution in [2.24, 2.45) is 0 Å². The second-order valence-electron chi connectivity index (χ2n) is 4.48. The van der Waals surface area contributed by atoms with Gasteiger partial charge in [-0.2, -0.15) is 0 Å². The molecule has 0 amide bonds. The molecule has 0 aromatic carbocycles. The maximum Gasteiger partial charge on any atom is 0.134 e. The first-order chi connectivity index (χ1) is 9.33. The molecule has 0 saturated carbocycles. The van der Waals surface area contributed by atoms with Gasteiger partial charge in [0.1, 0.15) is 12.1 Å². The van der Waals surface area contributed by atoms with Crippen LogP contribution in [0.25, 0.3) is 0 Å². The van der Waals surface area contributed by atoms with Crippen molar-refractivity contribution in [3.05, 3.63) is 38.4 Å². The molecule has 1 aliphatic rings. The van der Waals surface area contributed by atoms with E-state index in [1.54, 1.807) is 17.7 Å². The largest absolute Gasteiger partial charge is 0.369 e. The van der Waals surface area contributed by atoms with Crippen molar-refractivity contribution in [1.29, 1.82) is 0 Å². The molecule has 0 spiro atoms. The Labute approximate surface area is 124 Å². The summed E-state index contributed by atoms with van der Waals surface area (Å²) in [5.41, 5.74) is 2.40. The third kappa shape index (κ3) is 3.13. The van der Waals surface area contributed by atoms with Gasteiger partial charge in [0, 0.05) is 46.3 Å². The van der Waals surface area contributed by atoms with E-state index in [-0.39, 0.29) is 0 Å². The van der Waals surface area contributed by atoms with Crippen molar-refractivity contribution in [2.75, 3.05) is 18.4 Å². The van der Waals surface area contributed by atoms with Crippen molar-refractivity contribution < 1.29 is 0 Å². The number of thiophene rings is 1. The summed E-state index contributed by atoms with van der Waals surface area (Å²) < 4.78 is 1.16. The van der Waals surface area contributed by atoms with Gasteiger partial charge in [-0.1, -0.05) is 0 Å². The van der Waals surface area contributed by atoms with E-state index in [0.29, 0.717) is 0 Å². The maximum atomic E-state index is 4.36. The highest BCUT2D eigenvalue weighted by Crippen LogP contribution is 2.21. The molecule has 2 aromatic rings. The Morgan fingerprint density at radius 2 is 2.37 bits per heavy atom. The average Bonchev–Trinajstić information content (AvgIpc) is 2.85. The minimum atomic E-state index is 0.864. The third-order valence-electron chi connectivity index (χ3n) is 3.16. The molecule has 2 aromatic heterocycles. The monoisotopic (exact) mass is 338 g/mol. The van der Waals surface area contributed by atoms with Crippen LogP contribution in [-0.4, -0.2) is 23.1 Å². The Bertz CT molecular complexity index is 570. The lowest BCUT2D eigenvalue weighted by Gasteiger charge is -2.18. The first-order valence-electron chi connectivity index (χ1n) is 6.33. The number of anilines is 1. The van der Waals surface area contributed by atoms with Crippen molar-refractivity contribution >= 4 is 33.1 Å². The normalized spacial score (nSPS) is 14.2. The molecule has 3 rings (SSSR count). The molecule has 0 bridgehead atoms. The molecule has 1 aliphatic heterocycles. The molecule has 0 atom stereocenters. The summed E-state index contributed by atoms with van der Waals surface area (Å²) >= 11 is 5.26. The summed E-state index contributed by atoms with van der Waals surface area (Å²) in [6.07, 6.45) is 3.67. The third-order valence-corrected chi connectivity index (χ3v) is 4.92. The number of nitrogens with one attached hydrogen (secondary N) is 2. The van der Waals surface area contributed by atoms with Gasteiger partial charge in [0.15, 0.2) is 0 Å². The summed E-state index contributed by atoms with van der Waals surface area (Å²) in [6, 6.07) is 2.17. The van der Waals surface area contributed by atoms with Gasteiger partial charge in [0.25, 0.3) is 0 Å². The standard InChI is InChI=1S/C13H15BrN4S/c14-9-5-10(19-7-9)1-4-16-13-11-6-15-3-2-12(11)17-8-18-13/h5,7-8,15H,1-4,6H2,(H,16,17,18). The Kier molecular flexibility index (Phi) is 4.10. The fourth-order valence-corrected chi connectivity index (χ4v) is 3.67. The topological polar surface area (TPSA) is 49.8 Å². The van der Waals surface area contributed by atoms with E-state index in [4.69, 9.17) is 0 Å². The Balaban J connectivity index is 1.64. The van der Waals surface area contributed by atoms with Gasteiger partial charge < -0.3 is 10.6 Å². The zero-order valence-corrected chi connectivity index (χ0v) is 12.9. The number of hydrogen-bond donors (Lipinski definition) is 2. The number of fused-ring (bicyclic) bond motifs is 1. The molecule has 6 heteroatoms. The van der Waals surface area contributed by atoms with Gasteiger partial charge in [0.05, 0.1) is 5.69 Å². The predicted octanol–water partition coefficient (Wildman–Crippen LogP) is 2.60. The molecular formula is C13H15BrN4S. The fraction of sp³-hybridized carbons (Fsp3) is 0.385. The summed E-state index contributed by atoms with van der Waals surface area (Å²) in [5.74, 6) is 0.979. The average molecular weight is 339 g/mol. The van der Waals surface area contributed by atoms with Gasteiger partial charge in [-0.25, -0.2) is 9.97 Å². The van der Waals surface area contributed by atoms with Gasteiger partial charge >= 0.3 is 0 Å². The number of hydrogen-bond acceptors (Lipinski definition) is 5. The van der Waals surface area contributed by atoms with Crippen LogP contribution in [0.1, 0.15) is 16.1 Å². The SMILES string of the molecule is Brc1csc(CCNc2ncnc3c2CNCC3)c1. The van der Waals surface area contributed by atoms with Crippen LogP contribution in [-0.2, 0) is 19.4 Å². The van der Waals surface area contributed by atoms with Crippen LogP contribution >= 0.6 is 27.3 Å². The molecule has 3 heterocycles. The zero-order chi connectivity index (χ0) is 13.1. The first-order valence-corrected chi connectivity index (χ1v) is 8.00. The highest BCUT2D eigenvalue weighted by atomic mass is 79.9. The Morgan fingerprint density at radius 1 is 1.42 bits per heavy atom. The van der Waals surface area contributed by atoms with E-state index in [1.807, 2.05) is 0 Å². The highest BCUT2D eigenvalue weighted by molar-refractivity contribution is 9.10. The van der Waals surface area contributed by atoms with Gasteiger partial charge in [-0.15, -0.1) is 11.3 Å². The Hall–Kier alpha value is -0.980. The van der Waals surface area contributed by atoms with E-state index in [0.717, 1.165) is 42.8 Å². The van der Waals surface area contributed by atoms with Gasteiger partial charge in [-0.05, 0) is 28.4 Å².